The van der Waals surface area contributed by atoms with E-state index < -0.39 is 22.8 Å². The molecule has 0 unspecified atom stereocenters. The zero-order chi connectivity index (χ0) is 25.1. The van der Waals surface area contributed by atoms with Crippen LogP contribution in [0.5, 0.6) is 5.75 Å². The van der Waals surface area contributed by atoms with Crippen LogP contribution in [0.3, 0.4) is 0 Å². The Bertz CT molecular complexity index is 1390. The molecule has 1 saturated heterocycles. The number of imide groups is 2. The van der Waals surface area contributed by atoms with Crippen LogP contribution in [0, 0.1) is 10.1 Å². The number of nitro benzene ring substituents is 1. The number of amides is 4. The Labute approximate surface area is 212 Å². The van der Waals surface area contributed by atoms with Crippen molar-refractivity contribution in [2.45, 2.75) is 6.61 Å². The first kappa shape index (κ1) is 24.1. The number of carbonyl (C=O) groups excluding carboxylic acids is 3. The molecule has 1 aliphatic rings. The van der Waals surface area contributed by atoms with E-state index in [-0.39, 0.29) is 23.6 Å². The molecule has 0 atom stereocenters. The first-order valence-corrected chi connectivity index (χ1v) is 11.2. The second-order valence-corrected chi connectivity index (χ2v) is 8.63. The van der Waals surface area contributed by atoms with Gasteiger partial charge in [0.05, 0.1) is 15.1 Å². The summed E-state index contributed by atoms with van der Waals surface area (Å²) in [7, 11) is 0. The molecule has 0 aromatic heterocycles. The average Bonchev–Trinajstić information content (AvgIpc) is 2.82. The van der Waals surface area contributed by atoms with E-state index in [0.29, 0.717) is 26.4 Å². The molecule has 3 aromatic rings. The molecule has 4 rings (SSSR count). The van der Waals surface area contributed by atoms with Gasteiger partial charge >= 0.3 is 6.03 Å². The summed E-state index contributed by atoms with van der Waals surface area (Å²) < 4.78 is 6.28. The molecular weight excluding hydrogens is 542 g/mol. The third-order valence-electron chi connectivity index (χ3n) is 4.97. The average molecular weight is 557 g/mol. The number of benzene rings is 3. The second kappa shape index (κ2) is 10.1. The highest BCUT2D eigenvalue weighted by Gasteiger charge is 2.36. The Hall–Kier alpha value is -4.02. The van der Waals surface area contributed by atoms with Crippen LogP contribution in [0.4, 0.5) is 16.2 Å². The molecule has 1 N–H and O–H groups in total. The number of nitrogens with one attached hydrogen (secondary N) is 1. The van der Waals surface area contributed by atoms with Gasteiger partial charge in [-0.1, -0.05) is 29.8 Å². The molecular formula is C24H15BrClN3O6. The van der Waals surface area contributed by atoms with E-state index in [4.69, 9.17) is 16.3 Å². The van der Waals surface area contributed by atoms with E-state index in [1.165, 1.54) is 42.5 Å². The summed E-state index contributed by atoms with van der Waals surface area (Å²) in [5, 5.41) is 13.5. The Kier molecular flexibility index (Phi) is 6.94. The van der Waals surface area contributed by atoms with Gasteiger partial charge in [0, 0.05) is 17.2 Å². The highest BCUT2D eigenvalue weighted by molar-refractivity contribution is 9.10. The van der Waals surface area contributed by atoms with E-state index in [2.05, 4.69) is 21.2 Å². The highest BCUT2D eigenvalue weighted by Crippen LogP contribution is 2.29. The molecule has 0 saturated carbocycles. The number of urea groups is 1. The summed E-state index contributed by atoms with van der Waals surface area (Å²) >= 11 is 9.27. The van der Waals surface area contributed by atoms with Crippen molar-refractivity contribution in [3.63, 3.8) is 0 Å². The van der Waals surface area contributed by atoms with Crippen molar-refractivity contribution in [3.8, 4) is 5.75 Å². The SMILES string of the molecule is O=C1NC(=O)N(c2ccc(Cl)cc2)C(=O)/C1=C/c1ccc(OCc2cccc([N+](=O)[O-])c2)c(Br)c1. The molecule has 35 heavy (non-hydrogen) atoms. The second-order valence-electron chi connectivity index (χ2n) is 7.34. The van der Waals surface area contributed by atoms with Crippen molar-refractivity contribution in [2.75, 3.05) is 4.90 Å². The summed E-state index contributed by atoms with van der Waals surface area (Å²) in [4.78, 5) is 49.0. The van der Waals surface area contributed by atoms with Gasteiger partial charge in [-0.3, -0.25) is 25.0 Å². The maximum Gasteiger partial charge on any atom is 0.335 e. The molecule has 3 aromatic carbocycles. The number of non-ortho nitro benzene ring substituents is 1. The quantitative estimate of drug-likeness (QED) is 0.192. The standard InChI is InChI=1S/C24H15BrClN3O6/c25-20-12-14(4-9-21(20)35-13-15-2-1-3-18(10-15)29(33)34)11-19-22(30)27-24(32)28(23(19)31)17-7-5-16(26)6-8-17/h1-12H,13H2,(H,27,30,32)/b19-11+. The number of hydrogen-bond donors (Lipinski definition) is 1. The summed E-state index contributed by atoms with van der Waals surface area (Å²) in [6.07, 6.45) is 1.36. The Morgan fingerprint density at radius 3 is 2.49 bits per heavy atom. The van der Waals surface area contributed by atoms with Crippen LogP contribution in [0.15, 0.2) is 76.8 Å². The third-order valence-corrected chi connectivity index (χ3v) is 5.84. The van der Waals surface area contributed by atoms with E-state index in [9.17, 15) is 24.5 Å². The number of nitrogens with zero attached hydrogens (tertiary/aromatic N) is 2. The minimum Gasteiger partial charge on any atom is -0.488 e. The molecule has 0 aliphatic carbocycles. The van der Waals surface area contributed by atoms with Crippen LogP contribution in [-0.4, -0.2) is 22.8 Å². The Balaban J connectivity index is 1.54. The van der Waals surface area contributed by atoms with Crippen molar-refractivity contribution >= 4 is 62.8 Å². The first-order chi connectivity index (χ1) is 16.7. The number of barbiturate groups is 1. The molecule has 0 spiro atoms. The van der Waals surface area contributed by atoms with E-state index in [0.717, 1.165) is 4.90 Å². The largest absolute Gasteiger partial charge is 0.488 e. The van der Waals surface area contributed by atoms with Gasteiger partial charge in [0.1, 0.15) is 17.9 Å². The van der Waals surface area contributed by atoms with Gasteiger partial charge in [0.2, 0.25) is 0 Å². The number of rotatable bonds is 6. The van der Waals surface area contributed by atoms with Crippen LogP contribution < -0.4 is 15.0 Å². The molecule has 1 aliphatic heterocycles. The van der Waals surface area contributed by atoms with Crippen LogP contribution in [0.2, 0.25) is 5.02 Å². The molecule has 0 radical (unpaired) electrons. The van der Waals surface area contributed by atoms with E-state index in [1.54, 1.807) is 30.3 Å². The highest BCUT2D eigenvalue weighted by atomic mass is 79.9. The van der Waals surface area contributed by atoms with E-state index >= 15 is 0 Å². The fraction of sp³-hybridized carbons (Fsp3) is 0.0417. The number of hydrogen-bond acceptors (Lipinski definition) is 6. The van der Waals surface area contributed by atoms with Crippen LogP contribution >= 0.6 is 27.5 Å². The lowest BCUT2D eigenvalue weighted by Crippen LogP contribution is -2.54. The fourth-order valence-corrected chi connectivity index (χ4v) is 3.93. The van der Waals surface area contributed by atoms with E-state index in [1.807, 2.05) is 0 Å². The number of anilines is 1. The Morgan fingerprint density at radius 1 is 1.06 bits per heavy atom. The van der Waals surface area contributed by atoms with Gasteiger partial charge in [-0.05, 0) is 69.5 Å². The normalized spacial score (nSPS) is 14.7. The molecule has 9 nitrogen and oxygen atoms in total. The topological polar surface area (TPSA) is 119 Å². The minimum atomic E-state index is -0.856. The summed E-state index contributed by atoms with van der Waals surface area (Å²) in [5.41, 5.74) is 1.13. The smallest absolute Gasteiger partial charge is 0.335 e. The molecule has 0 bridgehead atoms. The van der Waals surface area contributed by atoms with Crippen molar-refractivity contribution in [1.82, 2.24) is 5.32 Å². The lowest BCUT2D eigenvalue weighted by atomic mass is 10.1. The molecule has 11 heteroatoms. The number of halogens is 2. The Morgan fingerprint density at radius 2 is 1.80 bits per heavy atom. The zero-order valence-electron chi connectivity index (χ0n) is 17.7. The predicted molar refractivity (Wildman–Crippen MR) is 132 cm³/mol. The molecule has 1 heterocycles. The van der Waals surface area contributed by atoms with Crippen molar-refractivity contribution in [3.05, 3.63) is 103 Å². The van der Waals surface area contributed by atoms with Gasteiger partial charge in [-0.25, -0.2) is 9.69 Å². The van der Waals surface area contributed by atoms with Gasteiger partial charge in [-0.15, -0.1) is 0 Å². The van der Waals surface area contributed by atoms with Crippen LogP contribution in [0.1, 0.15) is 11.1 Å². The summed E-state index contributed by atoms with van der Waals surface area (Å²) in [6, 6.07) is 16.2. The maximum absolute atomic E-state index is 13.0. The monoisotopic (exact) mass is 555 g/mol. The van der Waals surface area contributed by atoms with Gasteiger partial charge < -0.3 is 4.74 Å². The lowest BCUT2D eigenvalue weighted by molar-refractivity contribution is -0.384. The maximum atomic E-state index is 13.0. The molecule has 176 valence electrons. The zero-order valence-corrected chi connectivity index (χ0v) is 20.1. The van der Waals surface area contributed by atoms with Gasteiger partial charge in [-0.2, -0.15) is 0 Å². The first-order valence-electron chi connectivity index (χ1n) is 10.1. The fourth-order valence-electron chi connectivity index (χ4n) is 3.29. The van der Waals surface area contributed by atoms with Crippen molar-refractivity contribution in [1.29, 1.82) is 0 Å². The predicted octanol–water partition coefficient (Wildman–Crippen LogP) is 5.26. The number of ether oxygens (including phenoxy) is 1. The van der Waals surface area contributed by atoms with Crippen LogP contribution in [-0.2, 0) is 16.2 Å². The van der Waals surface area contributed by atoms with Crippen LogP contribution in [0.25, 0.3) is 6.08 Å². The van der Waals surface area contributed by atoms with Gasteiger partial charge in [0.15, 0.2) is 0 Å². The van der Waals surface area contributed by atoms with Gasteiger partial charge in [0.25, 0.3) is 17.5 Å². The third kappa shape index (κ3) is 5.39. The summed E-state index contributed by atoms with van der Waals surface area (Å²) in [5.74, 6) is -1.13. The summed E-state index contributed by atoms with van der Waals surface area (Å²) in [6.45, 7) is 0.0970. The van der Waals surface area contributed by atoms with Crippen molar-refractivity contribution in [2.24, 2.45) is 0 Å². The number of carbonyl (C=O) groups is 3. The molecule has 1 fully saturated rings. The molecule has 4 amide bonds. The van der Waals surface area contributed by atoms with Crippen molar-refractivity contribution < 1.29 is 24.0 Å². The number of nitro groups is 1. The lowest BCUT2D eigenvalue weighted by Gasteiger charge is -2.26. The minimum absolute atomic E-state index is 0.0336.